The minimum Gasteiger partial charge on any atom is -0.390 e. The number of aliphatic hydroxyl groups is 1. The van der Waals surface area contributed by atoms with E-state index >= 15 is 0 Å². The van der Waals surface area contributed by atoms with Gasteiger partial charge in [0.05, 0.1) is 16.7 Å². The molecule has 0 bridgehead atoms. The number of rotatable bonds is 4. The van der Waals surface area contributed by atoms with Crippen LogP contribution in [0, 0.1) is 12.8 Å². The topological polar surface area (TPSA) is 62.2 Å². The van der Waals surface area contributed by atoms with Crippen LogP contribution >= 0.6 is 0 Å². The number of aromatic nitrogens is 1. The van der Waals surface area contributed by atoms with Crippen LogP contribution in [-0.2, 0) is 0 Å². The molecule has 0 aliphatic heterocycles. The fourth-order valence-corrected chi connectivity index (χ4v) is 4.48. The van der Waals surface area contributed by atoms with Gasteiger partial charge in [0, 0.05) is 17.6 Å². The lowest BCUT2D eigenvalue weighted by atomic mass is 9.77. The molecule has 4 heteroatoms. The van der Waals surface area contributed by atoms with Gasteiger partial charge in [-0.25, -0.2) is 0 Å². The van der Waals surface area contributed by atoms with Crippen molar-refractivity contribution < 1.29 is 9.90 Å². The Morgan fingerprint density at radius 1 is 1.11 bits per heavy atom. The number of nitrogens with one attached hydrogen (secondary N) is 1. The normalized spacial score (nSPS) is 23.4. The first-order valence-electron chi connectivity index (χ1n) is 10.2. The Bertz CT molecular complexity index is 857. The molecule has 2 aliphatic carbocycles. The molecular formula is C23H30N2O2. The van der Waals surface area contributed by atoms with Gasteiger partial charge in [-0.1, -0.05) is 0 Å². The van der Waals surface area contributed by atoms with Crippen molar-refractivity contribution in [3.05, 3.63) is 41.1 Å². The van der Waals surface area contributed by atoms with E-state index in [2.05, 4.69) is 29.4 Å². The molecule has 27 heavy (non-hydrogen) atoms. The van der Waals surface area contributed by atoms with Gasteiger partial charge in [-0.15, -0.1) is 0 Å². The summed E-state index contributed by atoms with van der Waals surface area (Å²) < 4.78 is 0. The molecule has 2 aromatic rings. The second-order valence-electron chi connectivity index (χ2n) is 9.08. The highest BCUT2D eigenvalue weighted by Gasteiger charge is 2.32. The van der Waals surface area contributed by atoms with Crippen molar-refractivity contribution in [1.29, 1.82) is 0 Å². The first kappa shape index (κ1) is 18.4. The SMILES string of the molecule is Cc1cc2cc(C(=O)N[C@H]3CC[C@H](C(C)(C)O)CC3)cnc2cc1C1CC1. The summed E-state index contributed by atoms with van der Waals surface area (Å²) in [6.07, 6.45) is 8.01. The highest BCUT2D eigenvalue weighted by Crippen LogP contribution is 2.42. The minimum absolute atomic E-state index is 0.0416. The summed E-state index contributed by atoms with van der Waals surface area (Å²) in [6, 6.07) is 6.51. The molecule has 2 fully saturated rings. The van der Waals surface area contributed by atoms with Crippen molar-refractivity contribution in [3.63, 3.8) is 0 Å². The fourth-order valence-electron chi connectivity index (χ4n) is 4.48. The summed E-state index contributed by atoms with van der Waals surface area (Å²) >= 11 is 0. The molecule has 0 atom stereocenters. The maximum Gasteiger partial charge on any atom is 0.253 e. The van der Waals surface area contributed by atoms with Gasteiger partial charge in [-0.05, 0) is 100 Å². The number of aryl methyl sites for hydroxylation is 1. The average molecular weight is 367 g/mol. The van der Waals surface area contributed by atoms with Gasteiger partial charge in [0.25, 0.3) is 5.91 Å². The highest BCUT2D eigenvalue weighted by molar-refractivity contribution is 5.97. The number of fused-ring (bicyclic) bond motifs is 1. The zero-order chi connectivity index (χ0) is 19.2. The van der Waals surface area contributed by atoms with Crippen LogP contribution in [0.15, 0.2) is 24.4 Å². The summed E-state index contributed by atoms with van der Waals surface area (Å²) in [7, 11) is 0. The van der Waals surface area contributed by atoms with Crippen molar-refractivity contribution in [1.82, 2.24) is 10.3 Å². The lowest BCUT2D eigenvalue weighted by Crippen LogP contribution is -2.41. The second-order valence-corrected chi connectivity index (χ2v) is 9.08. The van der Waals surface area contributed by atoms with E-state index in [1.807, 2.05) is 19.9 Å². The molecule has 1 aromatic carbocycles. The fraction of sp³-hybridized carbons (Fsp3) is 0.565. The maximum atomic E-state index is 12.7. The van der Waals surface area contributed by atoms with Crippen LogP contribution in [0.5, 0.6) is 0 Å². The molecule has 4 nitrogen and oxygen atoms in total. The molecule has 0 radical (unpaired) electrons. The van der Waals surface area contributed by atoms with E-state index in [1.165, 1.54) is 24.0 Å². The third-order valence-electron chi connectivity index (χ3n) is 6.41. The Morgan fingerprint density at radius 3 is 2.44 bits per heavy atom. The van der Waals surface area contributed by atoms with E-state index in [9.17, 15) is 9.90 Å². The van der Waals surface area contributed by atoms with E-state index in [0.29, 0.717) is 17.4 Å². The molecule has 4 rings (SSSR count). The highest BCUT2D eigenvalue weighted by atomic mass is 16.3. The number of hydrogen-bond donors (Lipinski definition) is 2. The largest absolute Gasteiger partial charge is 0.390 e. The number of amides is 1. The van der Waals surface area contributed by atoms with Gasteiger partial charge < -0.3 is 10.4 Å². The second kappa shape index (κ2) is 6.90. The summed E-state index contributed by atoms with van der Waals surface area (Å²) in [4.78, 5) is 17.3. The van der Waals surface area contributed by atoms with Crippen LogP contribution < -0.4 is 5.32 Å². The minimum atomic E-state index is -0.631. The lowest BCUT2D eigenvalue weighted by molar-refractivity contribution is -0.00257. The van der Waals surface area contributed by atoms with Gasteiger partial charge in [-0.3, -0.25) is 9.78 Å². The van der Waals surface area contributed by atoms with E-state index < -0.39 is 5.60 Å². The maximum absolute atomic E-state index is 12.7. The molecule has 0 saturated heterocycles. The molecule has 144 valence electrons. The average Bonchev–Trinajstić information content (AvgIpc) is 3.45. The Hall–Kier alpha value is -1.94. The Labute approximate surface area is 161 Å². The summed E-state index contributed by atoms with van der Waals surface area (Å²) in [6.45, 7) is 5.92. The molecule has 1 aromatic heterocycles. The molecule has 2 aliphatic rings. The van der Waals surface area contributed by atoms with Crippen LogP contribution in [0.25, 0.3) is 10.9 Å². The van der Waals surface area contributed by atoms with Crippen LogP contribution in [0.2, 0.25) is 0 Å². The van der Waals surface area contributed by atoms with Crippen LogP contribution in [0.3, 0.4) is 0 Å². The van der Waals surface area contributed by atoms with Gasteiger partial charge in [0.1, 0.15) is 0 Å². The predicted molar refractivity (Wildman–Crippen MR) is 108 cm³/mol. The van der Waals surface area contributed by atoms with Crippen molar-refractivity contribution in [2.45, 2.75) is 76.9 Å². The van der Waals surface area contributed by atoms with Gasteiger partial charge in [0.15, 0.2) is 0 Å². The quantitative estimate of drug-likeness (QED) is 0.838. The lowest BCUT2D eigenvalue weighted by Gasteiger charge is -2.36. The molecule has 2 saturated carbocycles. The van der Waals surface area contributed by atoms with E-state index in [4.69, 9.17) is 0 Å². The monoisotopic (exact) mass is 366 g/mol. The Balaban J connectivity index is 1.44. The number of nitrogens with zero attached hydrogens (tertiary/aromatic N) is 1. The zero-order valence-electron chi connectivity index (χ0n) is 16.6. The van der Waals surface area contributed by atoms with E-state index in [0.717, 1.165) is 36.6 Å². The van der Waals surface area contributed by atoms with Crippen molar-refractivity contribution in [2.75, 3.05) is 0 Å². The predicted octanol–water partition coefficient (Wildman–Crippen LogP) is 4.48. The Kier molecular flexibility index (Phi) is 4.71. The third kappa shape index (κ3) is 4.01. The summed E-state index contributed by atoms with van der Waals surface area (Å²) in [5, 5.41) is 14.4. The number of pyridine rings is 1. The summed E-state index contributed by atoms with van der Waals surface area (Å²) in [5.41, 5.74) is 3.69. The van der Waals surface area contributed by atoms with Crippen LogP contribution in [0.1, 0.15) is 79.8 Å². The standard InChI is InChI=1S/C23H30N2O2/c1-14-10-16-11-17(13-24-21(16)12-20(14)15-4-5-15)22(26)25-19-8-6-18(7-9-19)23(2,3)27/h10-13,15,18-19,27H,4-9H2,1-3H3,(H,25,26)/t18-,19-. The van der Waals surface area contributed by atoms with E-state index in [1.54, 1.807) is 6.20 Å². The molecule has 1 heterocycles. The van der Waals surface area contributed by atoms with Gasteiger partial charge in [0.2, 0.25) is 0 Å². The van der Waals surface area contributed by atoms with Crippen molar-refractivity contribution in [3.8, 4) is 0 Å². The number of carbonyl (C=O) groups is 1. The summed E-state index contributed by atoms with van der Waals surface area (Å²) in [5.74, 6) is 0.981. The molecule has 2 N–H and O–H groups in total. The van der Waals surface area contributed by atoms with Gasteiger partial charge >= 0.3 is 0 Å². The smallest absolute Gasteiger partial charge is 0.253 e. The zero-order valence-corrected chi connectivity index (χ0v) is 16.6. The van der Waals surface area contributed by atoms with Gasteiger partial charge in [-0.2, -0.15) is 0 Å². The molecular weight excluding hydrogens is 336 g/mol. The number of carbonyl (C=O) groups excluding carboxylic acids is 1. The third-order valence-corrected chi connectivity index (χ3v) is 6.41. The van der Waals surface area contributed by atoms with Crippen molar-refractivity contribution in [2.24, 2.45) is 5.92 Å². The number of benzene rings is 1. The molecule has 0 spiro atoms. The molecule has 1 amide bonds. The number of hydrogen-bond acceptors (Lipinski definition) is 3. The molecule has 0 unspecified atom stereocenters. The first-order valence-corrected chi connectivity index (χ1v) is 10.2. The first-order chi connectivity index (χ1) is 12.8. The van der Waals surface area contributed by atoms with Crippen LogP contribution in [-0.4, -0.2) is 27.6 Å². The van der Waals surface area contributed by atoms with E-state index in [-0.39, 0.29) is 11.9 Å². The van der Waals surface area contributed by atoms with Crippen LogP contribution in [0.4, 0.5) is 0 Å². The Morgan fingerprint density at radius 2 is 1.81 bits per heavy atom. The van der Waals surface area contributed by atoms with Crippen molar-refractivity contribution >= 4 is 16.8 Å².